The minimum Gasteiger partial charge on any atom is -0.507 e. The van der Waals surface area contributed by atoms with Crippen LogP contribution >= 0.6 is 0 Å². The van der Waals surface area contributed by atoms with E-state index < -0.39 is 0 Å². The molecule has 4 N–H and O–H groups in total. The first-order valence-corrected chi connectivity index (χ1v) is 6.70. The van der Waals surface area contributed by atoms with Crippen molar-refractivity contribution in [2.45, 2.75) is 6.54 Å². The van der Waals surface area contributed by atoms with Gasteiger partial charge in [-0.15, -0.1) is 5.11 Å². The summed E-state index contributed by atoms with van der Waals surface area (Å²) < 4.78 is 0. The average Bonchev–Trinajstić information content (AvgIpc) is 2.55. The molecule has 0 aliphatic heterocycles. The largest absolute Gasteiger partial charge is 0.507 e. The molecule has 0 amide bonds. The first-order chi connectivity index (χ1) is 10.7. The van der Waals surface area contributed by atoms with Crippen LogP contribution in [-0.4, -0.2) is 15.2 Å². The third-order valence-corrected chi connectivity index (χ3v) is 3.19. The number of benzene rings is 2. The van der Waals surface area contributed by atoms with Crippen molar-refractivity contribution in [1.82, 2.24) is 4.98 Å². The molecule has 1 heterocycles. The van der Waals surface area contributed by atoms with Gasteiger partial charge in [-0.25, -0.2) is 4.98 Å². The van der Waals surface area contributed by atoms with E-state index in [0.29, 0.717) is 22.5 Å². The Hall–Kier alpha value is -2.99. The minimum absolute atomic E-state index is 0.0386. The topological polar surface area (TPSA) is 104 Å². The summed E-state index contributed by atoms with van der Waals surface area (Å²) in [6.07, 6.45) is 0. The molecular weight excluding hydrogens is 280 g/mol. The van der Waals surface area contributed by atoms with Crippen LogP contribution in [0.5, 0.6) is 11.5 Å². The molecule has 0 spiro atoms. The highest BCUT2D eigenvalue weighted by atomic mass is 16.3. The van der Waals surface area contributed by atoms with Gasteiger partial charge in [0.1, 0.15) is 17.0 Å². The number of aromatic hydroxyl groups is 2. The van der Waals surface area contributed by atoms with E-state index in [1.54, 1.807) is 6.07 Å². The molecule has 0 fully saturated rings. The average molecular weight is 294 g/mol. The van der Waals surface area contributed by atoms with E-state index in [-0.39, 0.29) is 23.6 Å². The predicted molar refractivity (Wildman–Crippen MR) is 83.6 cm³/mol. The van der Waals surface area contributed by atoms with Crippen molar-refractivity contribution < 1.29 is 10.2 Å². The van der Waals surface area contributed by atoms with Crippen LogP contribution in [0.15, 0.2) is 58.8 Å². The van der Waals surface area contributed by atoms with E-state index in [4.69, 9.17) is 5.73 Å². The van der Waals surface area contributed by atoms with Crippen LogP contribution in [-0.2, 0) is 6.54 Å². The Kier molecular flexibility index (Phi) is 3.67. The molecule has 0 aliphatic carbocycles. The third kappa shape index (κ3) is 2.59. The SMILES string of the molecule is NCc1cc(O)c2c(/N=N/c3ccccc3)ccc(O)c2n1. The van der Waals surface area contributed by atoms with Crippen LogP contribution in [0.4, 0.5) is 11.4 Å². The molecule has 0 saturated heterocycles. The van der Waals surface area contributed by atoms with E-state index in [0.717, 1.165) is 0 Å². The summed E-state index contributed by atoms with van der Waals surface area (Å²) in [5.74, 6) is -0.0809. The fraction of sp³-hybridized carbons (Fsp3) is 0.0625. The molecule has 110 valence electrons. The lowest BCUT2D eigenvalue weighted by atomic mass is 10.1. The van der Waals surface area contributed by atoms with Crippen molar-refractivity contribution in [3.05, 3.63) is 54.2 Å². The van der Waals surface area contributed by atoms with Gasteiger partial charge in [0.2, 0.25) is 0 Å². The van der Waals surface area contributed by atoms with Crippen LogP contribution in [0.2, 0.25) is 0 Å². The van der Waals surface area contributed by atoms with Gasteiger partial charge in [0.15, 0.2) is 0 Å². The Bertz CT molecular complexity index is 848. The Morgan fingerprint density at radius 1 is 0.955 bits per heavy atom. The van der Waals surface area contributed by atoms with E-state index in [1.807, 2.05) is 30.3 Å². The summed E-state index contributed by atoms with van der Waals surface area (Å²) in [4.78, 5) is 4.23. The molecule has 0 unspecified atom stereocenters. The Morgan fingerprint density at radius 3 is 2.45 bits per heavy atom. The Morgan fingerprint density at radius 2 is 1.73 bits per heavy atom. The molecule has 0 bridgehead atoms. The molecule has 22 heavy (non-hydrogen) atoms. The molecule has 0 saturated carbocycles. The molecule has 6 nitrogen and oxygen atoms in total. The summed E-state index contributed by atoms with van der Waals surface area (Å²) in [6.45, 7) is 0.165. The highest BCUT2D eigenvalue weighted by molar-refractivity contribution is 5.98. The van der Waals surface area contributed by atoms with E-state index in [2.05, 4.69) is 15.2 Å². The lowest BCUT2D eigenvalue weighted by Crippen LogP contribution is -1.99. The zero-order valence-electron chi connectivity index (χ0n) is 11.6. The van der Waals surface area contributed by atoms with Crippen molar-refractivity contribution in [3.63, 3.8) is 0 Å². The second-order valence-corrected chi connectivity index (χ2v) is 4.70. The molecule has 0 aliphatic rings. The Labute approximate surface area is 126 Å². The van der Waals surface area contributed by atoms with Gasteiger partial charge >= 0.3 is 0 Å². The smallest absolute Gasteiger partial charge is 0.142 e. The van der Waals surface area contributed by atoms with Gasteiger partial charge in [-0.2, -0.15) is 5.11 Å². The third-order valence-electron chi connectivity index (χ3n) is 3.19. The number of hydrogen-bond donors (Lipinski definition) is 3. The lowest BCUT2D eigenvalue weighted by molar-refractivity contribution is 0.473. The van der Waals surface area contributed by atoms with Crippen LogP contribution in [0, 0.1) is 0 Å². The standard InChI is InChI=1S/C16H14N4O2/c17-9-11-8-14(22)15-12(6-7-13(21)16(15)18-11)20-19-10-4-2-1-3-5-10/h1-8,21H,9,17H2,(H,18,22)/b20-19+. The maximum Gasteiger partial charge on any atom is 0.142 e. The van der Waals surface area contributed by atoms with E-state index >= 15 is 0 Å². The fourth-order valence-electron chi connectivity index (χ4n) is 2.14. The summed E-state index contributed by atoms with van der Waals surface area (Å²) in [6, 6.07) is 13.7. The molecule has 3 rings (SSSR count). The monoisotopic (exact) mass is 294 g/mol. The molecule has 6 heteroatoms. The van der Waals surface area contributed by atoms with Gasteiger partial charge in [-0.1, -0.05) is 18.2 Å². The molecular formula is C16H14N4O2. The van der Waals surface area contributed by atoms with Gasteiger partial charge in [-0.05, 0) is 24.3 Å². The number of pyridine rings is 1. The maximum absolute atomic E-state index is 10.2. The fourth-order valence-corrected chi connectivity index (χ4v) is 2.14. The zero-order valence-corrected chi connectivity index (χ0v) is 11.6. The zero-order chi connectivity index (χ0) is 15.5. The number of nitrogens with zero attached hydrogens (tertiary/aromatic N) is 3. The second-order valence-electron chi connectivity index (χ2n) is 4.70. The van der Waals surface area contributed by atoms with Gasteiger partial charge in [0.05, 0.1) is 22.5 Å². The number of phenols is 1. The summed E-state index contributed by atoms with van der Waals surface area (Å²) in [5, 5.41) is 28.7. The van der Waals surface area contributed by atoms with Crippen molar-refractivity contribution in [1.29, 1.82) is 0 Å². The molecule has 0 atom stereocenters. The molecule has 1 aromatic heterocycles. The number of hydrogen-bond acceptors (Lipinski definition) is 6. The lowest BCUT2D eigenvalue weighted by Gasteiger charge is -2.07. The predicted octanol–water partition coefficient (Wildman–Crippen LogP) is 3.52. The van der Waals surface area contributed by atoms with Gasteiger partial charge in [-0.3, -0.25) is 0 Å². The molecule has 0 radical (unpaired) electrons. The summed E-state index contributed by atoms with van der Waals surface area (Å²) >= 11 is 0. The normalized spacial score (nSPS) is 11.3. The van der Waals surface area contributed by atoms with Crippen molar-refractivity contribution in [3.8, 4) is 11.5 Å². The number of rotatable bonds is 3. The number of nitrogens with two attached hydrogens (primary N) is 1. The van der Waals surface area contributed by atoms with Crippen LogP contribution in [0.3, 0.4) is 0 Å². The van der Waals surface area contributed by atoms with Crippen molar-refractivity contribution >= 4 is 22.3 Å². The molecule has 3 aromatic rings. The maximum atomic E-state index is 10.2. The Balaban J connectivity index is 2.15. The van der Waals surface area contributed by atoms with Gasteiger partial charge < -0.3 is 15.9 Å². The number of azo groups is 1. The second kappa shape index (κ2) is 5.79. The van der Waals surface area contributed by atoms with Crippen LogP contribution in [0.1, 0.15) is 5.69 Å². The van der Waals surface area contributed by atoms with E-state index in [9.17, 15) is 10.2 Å². The number of fused-ring (bicyclic) bond motifs is 1. The first kappa shape index (κ1) is 14.0. The van der Waals surface area contributed by atoms with Crippen LogP contribution in [0.25, 0.3) is 10.9 Å². The number of aromatic nitrogens is 1. The highest BCUT2D eigenvalue weighted by Crippen LogP contribution is 2.38. The summed E-state index contributed by atoms with van der Waals surface area (Å²) in [5.41, 5.74) is 7.38. The minimum atomic E-state index is -0.0424. The van der Waals surface area contributed by atoms with Crippen molar-refractivity contribution in [2.75, 3.05) is 0 Å². The highest BCUT2D eigenvalue weighted by Gasteiger charge is 2.12. The first-order valence-electron chi connectivity index (χ1n) is 6.70. The van der Waals surface area contributed by atoms with Crippen LogP contribution < -0.4 is 5.73 Å². The van der Waals surface area contributed by atoms with Gasteiger partial charge in [0, 0.05) is 12.6 Å². The van der Waals surface area contributed by atoms with Crippen molar-refractivity contribution in [2.24, 2.45) is 16.0 Å². The number of phenolic OH excluding ortho intramolecular Hbond substituents is 1. The van der Waals surface area contributed by atoms with Gasteiger partial charge in [0.25, 0.3) is 0 Å². The molecule has 2 aromatic carbocycles. The van der Waals surface area contributed by atoms with E-state index in [1.165, 1.54) is 12.1 Å². The quantitative estimate of drug-likeness (QED) is 0.643. The summed E-state index contributed by atoms with van der Waals surface area (Å²) in [7, 11) is 0.